The third kappa shape index (κ3) is 4.50. The standard InChI is InChI=1S/C18H19ClN2O5/c1-18(13-7-3-2-4-8-13,16(22)12-20-17(23)11-19)26-15-10-6-5-9-14(15)21(24)25/h2-10,16,22H,11-12H2,1H3,(H,20,23). The van der Waals surface area contributed by atoms with E-state index >= 15 is 0 Å². The van der Waals surface area contributed by atoms with Crippen molar-refractivity contribution in [3.05, 3.63) is 70.3 Å². The minimum Gasteiger partial charge on any atom is -0.473 e. The fourth-order valence-corrected chi connectivity index (χ4v) is 2.56. The summed E-state index contributed by atoms with van der Waals surface area (Å²) in [5, 5.41) is 24.5. The van der Waals surface area contributed by atoms with Crippen molar-refractivity contribution in [2.45, 2.75) is 18.6 Å². The summed E-state index contributed by atoms with van der Waals surface area (Å²) in [4.78, 5) is 22.1. The van der Waals surface area contributed by atoms with Crippen molar-refractivity contribution >= 4 is 23.2 Å². The van der Waals surface area contributed by atoms with Crippen LogP contribution in [0, 0.1) is 10.1 Å². The topological polar surface area (TPSA) is 102 Å². The highest BCUT2D eigenvalue weighted by molar-refractivity contribution is 6.27. The summed E-state index contributed by atoms with van der Waals surface area (Å²) in [7, 11) is 0. The van der Waals surface area contributed by atoms with Crippen LogP contribution in [-0.2, 0) is 10.4 Å². The highest BCUT2D eigenvalue weighted by Crippen LogP contribution is 2.36. The second-order valence-corrected chi connectivity index (χ2v) is 6.02. The van der Waals surface area contributed by atoms with E-state index in [4.69, 9.17) is 16.3 Å². The molecule has 2 N–H and O–H groups in total. The Balaban J connectivity index is 2.39. The molecule has 0 bridgehead atoms. The van der Waals surface area contributed by atoms with Gasteiger partial charge in [0.25, 0.3) is 0 Å². The van der Waals surface area contributed by atoms with Gasteiger partial charge in [-0.25, -0.2) is 0 Å². The molecule has 0 aliphatic heterocycles. The van der Waals surface area contributed by atoms with Crippen LogP contribution in [0.25, 0.3) is 0 Å². The first kappa shape index (κ1) is 19.7. The molecule has 2 aromatic rings. The minimum absolute atomic E-state index is 0.0200. The number of carbonyl (C=O) groups is 1. The molecule has 7 nitrogen and oxygen atoms in total. The molecule has 0 saturated carbocycles. The second kappa shape index (κ2) is 8.64. The highest BCUT2D eigenvalue weighted by Gasteiger charge is 2.39. The molecule has 8 heteroatoms. The Morgan fingerprint density at radius 3 is 2.50 bits per heavy atom. The van der Waals surface area contributed by atoms with Gasteiger partial charge >= 0.3 is 5.69 Å². The number of hydrogen-bond donors (Lipinski definition) is 2. The van der Waals surface area contributed by atoms with Gasteiger partial charge in [0.1, 0.15) is 12.0 Å². The number of rotatable bonds is 8. The first-order chi connectivity index (χ1) is 12.4. The molecule has 2 unspecified atom stereocenters. The van der Waals surface area contributed by atoms with Crippen LogP contribution in [0.4, 0.5) is 5.69 Å². The van der Waals surface area contributed by atoms with E-state index in [1.807, 2.05) is 0 Å². The average molecular weight is 379 g/mol. The molecule has 0 aliphatic rings. The predicted octanol–water partition coefficient (Wildman–Crippen LogP) is 2.60. The summed E-state index contributed by atoms with van der Waals surface area (Å²) in [6, 6.07) is 14.7. The molecular formula is C18H19ClN2O5. The second-order valence-electron chi connectivity index (χ2n) is 5.75. The molecule has 138 valence electrons. The zero-order chi connectivity index (χ0) is 19.2. The van der Waals surface area contributed by atoms with Crippen LogP contribution in [-0.4, -0.2) is 34.5 Å². The summed E-state index contributed by atoms with van der Waals surface area (Å²) in [6.07, 6.45) is -1.18. The molecule has 0 radical (unpaired) electrons. The Morgan fingerprint density at radius 1 is 1.27 bits per heavy atom. The van der Waals surface area contributed by atoms with Gasteiger partial charge in [0, 0.05) is 12.6 Å². The Bertz CT molecular complexity index is 771. The maximum absolute atomic E-state index is 11.4. The van der Waals surface area contributed by atoms with E-state index in [9.17, 15) is 20.0 Å². The van der Waals surface area contributed by atoms with E-state index in [2.05, 4.69) is 5.32 Å². The number of amides is 1. The Hall–Kier alpha value is -2.64. The largest absolute Gasteiger partial charge is 0.473 e. The number of nitrogens with zero attached hydrogens (tertiary/aromatic N) is 1. The molecule has 2 rings (SSSR count). The number of para-hydroxylation sites is 2. The summed E-state index contributed by atoms with van der Waals surface area (Å²) < 4.78 is 5.93. The smallest absolute Gasteiger partial charge is 0.310 e. The molecule has 0 fully saturated rings. The molecule has 0 spiro atoms. The van der Waals surface area contributed by atoms with Crippen LogP contribution in [0.15, 0.2) is 54.6 Å². The van der Waals surface area contributed by atoms with Crippen LogP contribution in [0.3, 0.4) is 0 Å². The molecule has 0 saturated heterocycles. The number of aliphatic hydroxyl groups excluding tert-OH is 1. The number of hydrogen-bond acceptors (Lipinski definition) is 5. The zero-order valence-corrected chi connectivity index (χ0v) is 14.8. The van der Waals surface area contributed by atoms with Gasteiger partial charge in [-0.15, -0.1) is 11.6 Å². The lowest BCUT2D eigenvalue weighted by atomic mass is 9.89. The van der Waals surface area contributed by atoms with E-state index in [1.165, 1.54) is 18.2 Å². The Morgan fingerprint density at radius 2 is 1.88 bits per heavy atom. The number of benzene rings is 2. The first-order valence-electron chi connectivity index (χ1n) is 7.87. The van der Waals surface area contributed by atoms with Gasteiger partial charge in [0.05, 0.1) is 4.92 Å². The third-order valence-corrected chi connectivity index (χ3v) is 4.22. The molecule has 1 amide bonds. The molecule has 2 aromatic carbocycles. The molecule has 0 aliphatic carbocycles. The lowest BCUT2D eigenvalue weighted by Crippen LogP contribution is -2.48. The van der Waals surface area contributed by atoms with Crippen LogP contribution >= 0.6 is 11.6 Å². The number of nitro groups is 1. The lowest BCUT2D eigenvalue weighted by molar-refractivity contribution is -0.386. The van der Waals surface area contributed by atoms with Gasteiger partial charge in [-0.2, -0.15) is 0 Å². The van der Waals surface area contributed by atoms with Gasteiger partial charge < -0.3 is 15.2 Å². The maximum Gasteiger partial charge on any atom is 0.310 e. The number of nitro benzene ring substituents is 1. The van der Waals surface area contributed by atoms with E-state index < -0.39 is 22.5 Å². The zero-order valence-electron chi connectivity index (χ0n) is 14.1. The number of halogens is 1. The van der Waals surface area contributed by atoms with Crippen molar-refractivity contribution in [1.29, 1.82) is 0 Å². The van der Waals surface area contributed by atoms with Gasteiger partial charge in [-0.05, 0) is 18.6 Å². The van der Waals surface area contributed by atoms with Crippen LogP contribution in [0.1, 0.15) is 12.5 Å². The maximum atomic E-state index is 11.4. The summed E-state index contributed by atoms with van der Waals surface area (Å²) in [5.41, 5.74) is -0.954. The van der Waals surface area contributed by atoms with Crippen molar-refractivity contribution in [3.63, 3.8) is 0 Å². The SMILES string of the molecule is CC(Oc1ccccc1[N+](=O)[O-])(c1ccccc1)C(O)CNC(=O)CCl. The van der Waals surface area contributed by atoms with E-state index in [-0.39, 0.29) is 23.9 Å². The highest BCUT2D eigenvalue weighted by atomic mass is 35.5. The normalized spacial score (nSPS) is 14.1. The van der Waals surface area contributed by atoms with Gasteiger partial charge in [-0.3, -0.25) is 14.9 Å². The van der Waals surface area contributed by atoms with Crippen molar-refractivity contribution in [1.82, 2.24) is 5.32 Å². The van der Waals surface area contributed by atoms with Crippen LogP contribution in [0.5, 0.6) is 5.75 Å². The first-order valence-corrected chi connectivity index (χ1v) is 8.40. The summed E-state index contributed by atoms with van der Waals surface area (Å²) in [6.45, 7) is 1.48. The third-order valence-electron chi connectivity index (χ3n) is 3.98. The van der Waals surface area contributed by atoms with E-state index in [0.717, 1.165) is 0 Å². The van der Waals surface area contributed by atoms with Crippen LogP contribution < -0.4 is 10.1 Å². The molecular weight excluding hydrogens is 360 g/mol. The molecule has 26 heavy (non-hydrogen) atoms. The van der Waals surface area contributed by atoms with Crippen molar-refractivity contribution in [2.24, 2.45) is 0 Å². The average Bonchev–Trinajstić information content (AvgIpc) is 2.66. The van der Waals surface area contributed by atoms with Gasteiger partial charge in [-0.1, -0.05) is 42.5 Å². The number of carbonyl (C=O) groups excluding carboxylic acids is 1. The van der Waals surface area contributed by atoms with Crippen molar-refractivity contribution in [2.75, 3.05) is 12.4 Å². The van der Waals surface area contributed by atoms with Crippen LogP contribution in [0.2, 0.25) is 0 Å². The number of alkyl halides is 1. The van der Waals surface area contributed by atoms with E-state index in [1.54, 1.807) is 43.3 Å². The molecule has 0 heterocycles. The Kier molecular flexibility index (Phi) is 6.54. The molecule has 2 atom stereocenters. The fraction of sp³-hybridized carbons (Fsp3) is 0.278. The van der Waals surface area contributed by atoms with Crippen molar-refractivity contribution in [3.8, 4) is 5.75 Å². The minimum atomic E-state index is -1.34. The quantitative estimate of drug-likeness (QED) is 0.417. The number of nitrogens with one attached hydrogen (secondary N) is 1. The van der Waals surface area contributed by atoms with Gasteiger partial charge in [0.15, 0.2) is 11.4 Å². The monoisotopic (exact) mass is 378 g/mol. The van der Waals surface area contributed by atoms with E-state index in [0.29, 0.717) is 5.56 Å². The summed E-state index contributed by atoms with van der Waals surface area (Å²) in [5.74, 6) is -0.654. The van der Waals surface area contributed by atoms with Crippen molar-refractivity contribution < 1.29 is 19.6 Å². The number of aliphatic hydroxyl groups is 1. The number of ether oxygens (including phenoxy) is 1. The molecule has 0 aromatic heterocycles. The Labute approximate surface area is 155 Å². The lowest BCUT2D eigenvalue weighted by Gasteiger charge is -2.35. The fourth-order valence-electron chi connectivity index (χ4n) is 2.46. The summed E-state index contributed by atoms with van der Waals surface area (Å²) >= 11 is 5.45. The van der Waals surface area contributed by atoms with Gasteiger partial charge in [0.2, 0.25) is 5.91 Å². The predicted molar refractivity (Wildman–Crippen MR) is 97.3 cm³/mol.